The SMILES string of the molecule is CCN(CC)c1cc(N/N=C/c2c[nH]c3ccccc23)nc(OCCN2CCOCC2)n1. The molecule has 0 radical (unpaired) electrons. The molecule has 0 amide bonds. The average Bonchev–Trinajstić information content (AvgIpc) is 3.24. The Morgan fingerprint density at radius 3 is 2.84 bits per heavy atom. The molecule has 0 atom stereocenters. The maximum atomic E-state index is 5.91. The second kappa shape index (κ2) is 10.9. The minimum Gasteiger partial charge on any atom is -0.462 e. The minimum atomic E-state index is 0.354. The minimum absolute atomic E-state index is 0.354. The van der Waals surface area contributed by atoms with E-state index in [1.54, 1.807) is 6.21 Å². The third kappa shape index (κ3) is 5.54. The zero-order valence-electron chi connectivity index (χ0n) is 18.8. The predicted molar refractivity (Wildman–Crippen MR) is 128 cm³/mol. The van der Waals surface area contributed by atoms with Crippen molar-refractivity contribution in [2.24, 2.45) is 5.10 Å². The highest BCUT2D eigenvalue weighted by Gasteiger charge is 2.13. The molecule has 0 spiro atoms. The van der Waals surface area contributed by atoms with E-state index in [1.807, 2.05) is 30.5 Å². The molecule has 2 aromatic heterocycles. The van der Waals surface area contributed by atoms with Crippen LogP contribution >= 0.6 is 0 Å². The van der Waals surface area contributed by atoms with Gasteiger partial charge in [0.2, 0.25) is 0 Å². The number of rotatable bonds is 10. The van der Waals surface area contributed by atoms with Gasteiger partial charge in [0, 0.05) is 61.5 Å². The first-order valence-electron chi connectivity index (χ1n) is 11.2. The van der Waals surface area contributed by atoms with E-state index < -0.39 is 0 Å². The average molecular weight is 438 g/mol. The van der Waals surface area contributed by atoms with Crippen LogP contribution in [0.3, 0.4) is 0 Å². The summed E-state index contributed by atoms with van der Waals surface area (Å²) < 4.78 is 11.3. The molecule has 1 fully saturated rings. The maximum absolute atomic E-state index is 5.91. The first kappa shape index (κ1) is 22.0. The second-order valence-corrected chi connectivity index (χ2v) is 7.53. The Labute approximate surface area is 188 Å². The number of anilines is 2. The Bertz CT molecular complexity index is 1030. The molecule has 4 rings (SSSR count). The number of H-pyrrole nitrogens is 1. The Morgan fingerprint density at radius 1 is 1.22 bits per heavy atom. The van der Waals surface area contributed by atoms with E-state index in [2.05, 4.69) is 55.2 Å². The highest BCUT2D eigenvalue weighted by atomic mass is 16.5. The summed E-state index contributed by atoms with van der Waals surface area (Å²) in [5.41, 5.74) is 5.13. The fourth-order valence-corrected chi connectivity index (χ4v) is 3.70. The third-order valence-corrected chi connectivity index (χ3v) is 5.53. The summed E-state index contributed by atoms with van der Waals surface area (Å²) in [5.74, 6) is 1.41. The van der Waals surface area contributed by atoms with Crippen molar-refractivity contribution in [3.8, 4) is 6.01 Å². The van der Waals surface area contributed by atoms with Gasteiger partial charge in [-0.05, 0) is 19.9 Å². The number of aromatic amines is 1. The summed E-state index contributed by atoms with van der Waals surface area (Å²) >= 11 is 0. The summed E-state index contributed by atoms with van der Waals surface area (Å²) in [7, 11) is 0. The number of nitrogens with zero attached hydrogens (tertiary/aromatic N) is 5. The van der Waals surface area contributed by atoms with Crippen LogP contribution in [0.15, 0.2) is 41.6 Å². The van der Waals surface area contributed by atoms with Gasteiger partial charge in [-0.3, -0.25) is 10.3 Å². The van der Waals surface area contributed by atoms with E-state index in [0.717, 1.165) is 68.2 Å². The van der Waals surface area contributed by atoms with E-state index >= 15 is 0 Å². The Kier molecular flexibility index (Phi) is 7.52. The molecule has 3 aromatic rings. The summed E-state index contributed by atoms with van der Waals surface area (Å²) in [5, 5.41) is 5.52. The third-order valence-electron chi connectivity index (χ3n) is 5.53. The first-order chi connectivity index (χ1) is 15.8. The molecular formula is C23H31N7O2. The van der Waals surface area contributed by atoms with E-state index in [1.165, 1.54) is 0 Å². The van der Waals surface area contributed by atoms with Crippen LogP contribution in [0.4, 0.5) is 11.6 Å². The van der Waals surface area contributed by atoms with Gasteiger partial charge in [-0.1, -0.05) is 18.2 Å². The first-order valence-corrected chi connectivity index (χ1v) is 11.2. The summed E-state index contributed by atoms with van der Waals surface area (Å²) in [6.07, 6.45) is 3.73. The van der Waals surface area contributed by atoms with Gasteiger partial charge >= 0.3 is 6.01 Å². The Morgan fingerprint density at radius 2 is 2.03 bits per heavy atom. The van der Waals surface area contributed by atoms with E-state index in [4.69, 9.17) is 9.47 Å². The van der Waals surface area contributed by atoms with Gasteiger partial charge in [-0.2, -0.15) is 15.1 Å². The van der Waals surface area contributed by atoms with Crippen molar-refractivity contribution in [3.63, 3.8) is 0 Å². The van der Waals surface area contributed by atoms with Crippen molar-refractivity contribution in [2.45, 2.75) is 13.8 Å². The topological polar surface area (TPSA) is 90.9 Å². The van der Waals surface area contributed by atoms with Crippen molar-refractivity contribution < 1.29 is 9.47 Å². The van der Waals surface area contributed by atoms with E-state index in [0.29, 0.717) is 18.4 Å². The quantitative estimate of drug-likeness (QED) is 0.372. The predicted octanol–water partition coefficient (Wildman–Crippen LogP) is 2.96. The van der Waals surface area contributed by atoms with Crippen LogP contribution in [0, 0.1) is 0 Å². The van der Waals surface area contributed by atoms with Gasteiger partial charge in [-0.25, -0.2) is 0 Å². The van der Waals surface area contributed by atoms with Crippen molar-refractivity contribution in [3.05, 3.63) is 42.1 Å². The molecule has 1 aliphatic rings. The lowest BCUT2D eigenvalue weighted by molar-refractivity contribution is 0.0317. The lowest BCUT2D eigenvalue weighted by Crippen LogP contribution is -2.38. The number of aromatic nitrogens is 3. The van der Waals surface area contributed by atoms with Crippen LogP contribution < -0.4 is 15.1 Å². The van der Waals surface area contributed by atoms with Gasteiger partial charge < -0.3 is 19.4 Å². The highest BCUT2D eigenvalue weighted by Crippen LogP contribution is 2.20. The zero-order chi connectivity index (χ0) is 22.2. The number of nitrogens with one attached hydrogen (secondary N) is 2. The van der Waals surface area contributed by atoms with Crippen molar-refractivity contribution in [2.75, 3.05) is 62.9 Å². The monoisotopic (exact) mass is 437 g/mol. The van der Waals surface area contributed by atoms with Gasteiger partial charge in [0.25, 0.3) is 0 Å². The molecule has 9 nitrogen and oxygen atoms in total. The van der Waals surface area contributed by atoms with Crippen molar-refractivity contribution >= 4 is 28.8 Å². The number of ether oxygens (including phenoxy) is 2. The van der Waals surface area contributed by atoms with Crippen LogP contribution in [-0.2, 0) is 4.74 Å². The highest BCUT2D eigenvalue weighted by molar-refractivity contribution is 5.99. The summed E-state index contributed by atoms with van der Waals surface area (Å²) in [6.45, 7) is 10.7. The molecule has 32 heavy (non-hydrogen) atoms. The number of morpholine rings is 1. The number of hydrazone groups is 1. The number of hydrogen-bond acceptors (Lipinski definition) is 8. The molecule has 170 valence electrons. The molecule has 1 aliphatic heterocycles. The molecule has 0 bridgehead atoms. The van der Waals surface area contributed by atoms with E-state index in [9.17, 15) is 0 Å². The molecule has 1 aromatic carbocycles. The zero-order valence-corrected chi connectivity index (χ0v) is 18.8. The smallest absolute Gasteiger partial charge is 0.320 e. The summed E-state index contributed by atoms with van der Waals surface area (Å²) in [6, 6.07) is 10.4. The van der Waals surface area contributed by atoms with Crippen LogP contribution in [0.5, 0.6) is 6.01 Å². The lowest BCUT2D eigenvalue weighted by atomic mass is 10.2. The number of hydrogen-bond donors (Lipinski definition) is 2. The fraction of sp³-hybridized carbons (Fsp3) is 0.435. The molecule has 0 saturated carbocycles. The van der Waals surface area contributed by atoms with Crippen LogP contribution in [0.2, 0.25) is 0 Å². The Balaban J connectivity index is 1.45. The molecule has 0 unspecified atom stereocenters. The van der Waals surface area contributed by atoms with Gasteiger partial charge in [0.15, 0.2) is 5.82 Å². The van der Waals surface area contributed by atoms with Crippen LogP contribution in [0.1, 0.15) is 19.4 Å². The fourth-order valence-electron chi connectivity index (χ4n) is 3.70. The second-order valence-electron chi connectivity index (χ2n) is 7.53. The standard InChI is InChI=1S/C23H31N7O2/c1-3-30(4-2)22-15-21(26-23(27-22)32-14-11-29-9-12-31-13-10-29)28-25-17-18-16-24-20-8-6-5-7-19(18)20/h5-8,15-17,24H,3-4,9-14H2,1-2H3,(H,26,27,28)/b25-17+. The van der Waals surface area contributed by atoms with Crippen molar-refractivity contribution in [1.82, 2.24) is 19.9 Å². The van der Waals surface area contributed by atoms with E-state index in [-0.39, 0.29) is 0 Å². The van der Waals surface area contributed by atoms with Crippen molar-refractivity contribution in [1.29, 1.82) is 0 Å². The van der Waals surface area contributed by atoms with Crippen LogP contribution in [0.25, 0.3) is 10.9 Å². The number of fused-ring (bicyclic) bond motifs is 1. The molecule has 9 heteroatoms. The molecule has 0 aliphatic carbocycles. The van der Waals surface area contributed by atoms with Gasteiger partial charge in [0.05, 0.1) is 19.4 Å². The molecule has 1 saturated heterocycles. The maximum Gasteiger partial charge on any atom is 0.320 e. The van der Waals surface area contributed by atoms with Gasteiger partial charge in [-0.15, -0.1) is 0 Å². The number of para-hydroxylation sites is 1. The largest absolute Gasteiger partial charge is 0.462 e. The molecular weight excluding hydrogens is 406 g/mol. The van der Waals surface area contributed by atoms with Gasteiger partial charge in [0.1, 0.15) is 12.4 Å². The Hall–Kier alpha value is -3.17. The molecule has 3 heterocycles. The normalized spacial score (nSPS) is 14.8. The summed E-state index contributed by atoms with van der Waals surface area (Å²) in [4.78, 5) is 16.9. The lowest BCUT2D eigenvalue weighted by Gasteiger charge is -2.26. The molecule has 2 N–H and O–H groups in total. The van der Waals surface area contributed by atoms with Crippen LogP contribution in [-0.4, -0.2) is 78.6 Å². The number of benzene rings is 1.